The molecule has 0 saturated heterocycles. The Kier molecular flexibility index (Phi) is 5.82. The van der Waals surface area contributed by atoms with Crippen LogP contribution in [-0.4, -0.2) is 23.7 Å². The van der Waals surface area contributed by atoms with Gasteiger partial charge in [0.05, 0.1) is 6.42 Å². The molecule has 0 radical (unpaired) electrons. The summed E-state index contributed by atoms with van der Waals surface area (Å²) in [7, 11) is 0. The van der Waals surface area contributed by atoms with Crippen LogP contribution >= 0.6 is 0 Å². The largest absolute Gasteiger partial charge is 0.396 e. The molecule has 0 aliphatic rings. The van der Waals surface area contributed by atoms with Gasteiger partial charge in [-0.05, 0) is 24.0 Å². The topological polar surface area (TPSA) is 75.3 Å². The van der Waals surface area contributed by atoms with E-state index in [1.54, 1.807) is 0 Å². The lowest BCUT2D eigenvalue weighted by molar-refractivity contribution is -0.121. The third-order valence-corrected chi connectivity index (χ3v) is 3.22. The average Bonchev–Trinajstić information content (AvgIpc) is 2.38. The maximum atomic E-state index is 11.9. The first-order valence-corrected chi connectivity index (χ1v) is 6.25. The molecule has 0 fully saturated rings. The number of hydrogen-bond acceptors (Lipinski definition) is 3. The SMILES string of the molecule is CC(CO)C(C)NC(=O)Cc1ccccc1CN. The molecule has 0 spiro atoms. The number of nitrogens with one attached hydrogen (secondary N) is 1. The van der Waals surface area contributed by atoms with E-state index in [2.05, 4.69) is 5.32 Å². The van der Waals surface area contributed by atoms with Crippen LogP contribution in [0.25, 0.3) is 0 Å². The summed E-state index contributed by atoms with van der Waals surface area (Å²) in [6.45, 7) is 4.30. The number of rotatable bonds is 6. The van der Waals surface area contributed by atoms with E-state index < -0.39 is 0 Å². The first-order chi connectivity index (χ1) is 8.58. The van der Waals surface area contributed by atoms with Gasteiger partial charge in [0.1, 0.15) is 0 Å². The quantitative estimate of drug-likeness (QED) is 0.699. The normalized spacial score (nSPS) is 14.0. The van der Waals surface area contributed by atoms with Crippen molar-refractivity contribution in [1.82, 2.24) is 5.32 Å². The second-order valence-electron chi connectivity index (χ2n) is 4.67. The van der Waals surface area contributed by atoms with Crippen LogP contribution in [0.15, 0.2) is 24.3 Å². The minimum atomic E-state index is -0.0382. The molecule has 0 heterocycles. The molecular formula is C14H22N2O2. The van der Waals surface area contributed by atoms with Crippen molar-refractivity contribution in [2.24, 2.45) is 11.7 Å². The highest BCUT2D eigenvalue weighted by molar-refractivity contribution is 5.79. The Hall–Kier alpha value is -1.39. The summed E-state index contributed by atoms with van der Waals surface area (Å²) in [5.74, 6) is 0.0161. The third-order valence-electron chi connectivity index (χ3n) is 3.22. The fraction of sp³-hybridized carbons (Fsp3) is 0.500. The number of hydrogen-bond donors (Lipinski definition) is 3. The highest BCUT2D eigenvalue weighted by Crippen LogP contribution is 2.09. The van der Waals surface area contributed by atoms with Crippen LogP contribution in [0.5, 0.6) is 0 Å². The number of amides is 1. The molecule has 1 amide bonds. The van der Waals surface area contributed by atoms with Gasteiger partial charge in [-0.1, -0.05) is 31.2 Å². The van der Waals surface area contributed by atoms with Crippen LogP contribution in [0.2, 0.25) is 0 Å². The Labute approximate surface area is 108 Å². The van der Waals surface area contributed by atoms with Gasteiger partial charge in [-0.3, -0.25) is 4.79 Å². The molecule has 0 aliphatic heterocycles. The van der Waals surface area contributed by atoms with Crippen molar-refractivity contribution in [3.05, 3.63) is 35.4 Å². The van der Waals surface area contributed by atoms with Gasteiger partial charge >= 0.3 is 0 Å². The van der Waals surface area contributed by atoms with Gasteiger partial charge in [0.2, 0.25) is 5.91 Å². The molecule has 18 heavy (non-hydrogen) atoms. The first-order valence-electron chi connectivity index (χ1n) is 6.25. The van der Waals surface area contributed by atoms with E-state index in [0.29, 0.717) is 13.0 Å². The fourth-order valence-corrected chi connectivity index (χ4v) is 1.71. The van der Waals surface area contributed by atoms with Crippen molar-refractivity contribution in [2.75, 3.05) is 6.61 Å². The maximum absolute atomic E-state index is 11.9. The molecule has 1 rings (SSSR count). The minimum absolute atomic E-state index is 0.0347. The van der Waals surface area contributed by atoms with Gasteiger partial charge in [-0.15, -0.1) is 0 Å². The summed E-state index contributed by atoms with van der Waals surface area (Å²) in [4.78, 5) is 11.9. The molecule has 0 aromatic heterocycles. The number of carbonyl (C=O) groups is 1. The van der Waals surface area contributed by atoms with E-state index >= 15 is 0 Å². The Morgan fingerprint density at radius 1 is 1.33 bits per heavy atom. The predicted octanol–water partition coefficient (Wildman–Crippen LogP) is 0.821. The van der Waals surface area contributed by atoms with Gasteiger partial charge in [-0.25, -0.2) is 0 Å². The van der Waals surface area contributed by atoms with Crippen molar-refractivity contribution in [3.8, 4) is 0 Å². The van der Waals surface area contributed by atoms with E-state index in [-0.39, 0.29) is 24.5 Å². The Balaban J connectivity index is 2.59. The summed E-state index contributed by atoms with van der Waals surface area (Å²) in [5.41, 5.74) is 7.59. The van der Waals surface area contributed by atoms with E-state index in [4.69, 9.17) is 10.8 Å². The fourth-order valence-electron chi connectivity index (χ4n) is 1.71. The third kappa shape index (κ3) is 4.13. The lowest BCUT2D eigenvalue weighted by Crippen LogP contribution is -2.39. The summed E-state index contributed by atoms with van der Waals surface area (Å²) < 4.78 is 0. The molecule has 0 aliphatic carbocycles. The van der Waals surface area contributed by atoms with Crippen molar-refractivity contribution in [1.29, 1.82) is 0 Å². The summed E-state index contributed by atoms with van der Waals surface area (Å²) in [5, 5.41) is 11.9. The predicted molar refractivity (Wildman–Crippen MR) is 71.9 cm³/mol. The second kappa shape index (κ2) is 7.13. The van der Waals surface area contributed by atoms with E-state index in [0.717, 1.165) is 11.1 Å². The van der Waals surface area contributed by atoms with Crippen LogP contribution in [-0.2, 0) is 17.8 Å². The minimum Gasteiger partial charge on any atom is -0.396 e. The molecule has 4 heteroatoms. The molecular weight excluding hydrogens is 228 g/mol. The van der Waals surface area contributed by atoms with Crippen LogP contribution in [0.3, 0.4) is 0 Å². The highest BCUT2D eigenvalue weighted by atomic mass is 16.3. The Bertz CT molecular complexity index is 393. The van der Waals surface area contributed by atoms with Crippen LogP contribution < -0.4 is 11.1 Å². The number of nitrogens with two attached hydrogens (primary N) is 1. The molecule has 1 aromatic rings. The van der Waals surface area contributed by atoms with Crippen LogP contribution in [0.4, 0.5) is 0 Å². The Morgan fingerprint density at radius 2 is 1.94 bits per heavy atom. The standard InChI is InChI=1S/C14H22N2O2/c1-10(9-17)11(2)16-14(18)7-12-5-3-4-6-13(12)8-15/h3-6,10-11,17H,7-9,15H2,1-2H3,(H,16,18). The summed E-state index contributed by atoms with van der Waals surface area (Å²) in [6, 6.07) is 7.64. The smallest absolute Gasteiger partial charge is 0.224 e. The lowest BCUT2D eigenvalue weighted by Gasteiger charge is -2.19. The number of benzene rings is 1. The van der Waals surface area contributed by atoms with Crippen LogP contribution in [0.1, 0.15) is 25.0 Å². The molecule has 2 atom stereocenters. The number of carbonyl (C=O) groups excluding carboxylic acids is 1. The van der Waals surface area contributed by atoms with Crippen LogP contribution in [0, 0.1) is 5.92 Å². The first kappa shape index (κ1) is 14.7. The molecule has 1 aromatic carbocycles. The summed E-state index contributed by atoms with van der Waals surface area (Å²) >= 11 is 0. The summed E-state index contributed by atoms with van der Waals surface area (Å²) in [6.07, 6.45) is 0.329. The maximum Gasteiger partial charge on any atom is 0.224 e. The van der Waals surface area contributed by atoms with Crippen molar-refractivity contribution in [2.45, 2.75) is 32.9 Å². The monoisotopic (exact) mass is 250 g/mol. The molecule has 0 bridgehead atoms. The van der Waals surface area contributed by atoms with Crippen molar-refractivity contribution >= 4 is 5.91 Å². The molecule has 4 N–H and O–H groups in total. The van der Waals surface area contributed by atoms with Crippen molar-refractivity contribution < 1.29 is 9.90 Å². The highest BCUT2D eigenvalue weighted by Gasteiger charge is 2.14. The van der Waals surface area contributed by atoms with Crippen molar-refractivity contribution in [3.63, 3.8) is 0 Å². The number of aliphatic hydroxyl groups is 1. The zero-order valence-electron chi connectivity index (χ0n) is 11.0. The molecule has 0 saturated carbocycles. The number of aliphatic hydroxyl groups excluding tert-OH is 1. The lowest BCUT2D eigenvalue weighted by atomic mass is 10.0. The molecule has 4 nitrogen and oxygen atoms in total. The van der Waals surface area contributed by atoms with E-state index in [9.17, 15) is 4.79 Å². The molecule has 100 valence electrons. The zero-order valence-corrected chi connectivity index (χ0v) is 11.0. The van der Waals surface area contributed by atoms with E-state index in [1.807, 2.05) is 38.1 Å². The zero-order chi connectivity index (χ0) is 13.5. The average molecular weight is 250 g/mol. The second-order valence-corrected chi connectivity index (χ2v) is 4.67. The van der Waals surface area contributed by atoms with Gasteiger partial charge in [-0.2, -0.15) is 0 Å². The van der Waals surface area contributed by atoms with E-state index in [1.165, 1.54) is 0 Å². The molecule has 2 unspecified atom stereocenters. The van der Waals surface area contributed by atoms with Gasteiger partial charge < -0.3 is 16.2 Å². The van der Waals surface area contributed by atoms with Gasteiger partial charge in [0, 0.05) is 19.2 Å². The van der Waals surface area contributed by atoms with Gasteiger partial charge in [0.15, 0.2) is 0 Å². The van der Waals surface area contributed by atoms with Gasteiger partial charge in [0.25, 0.3) is 0 Å². The Morgan fingerprint density at radius 3 is 2.50 bits per heavy atom.